The second-order valence-corrected chi connectivity index (χ2v) is 4.56. The van der Waals surface area contributed by atoms with Crippen LogP contribution in [0.25, 0.3) is 0 Å². The molecule has 0 aromatic heterocycles. The third-order valence-electron chi connectivity index (χ3n) is 2.25. The number of hydrogen-bond donors (Lipinski definition) is 0. The Morgan fingerprint density at radius 1 is 0.923 bits per heavy atom. The van der Waals surface area contributed by atoms with E-state index >= 15 is 0 Å². The molecule has 0 amide bonds. The molecule has 1 atom stereocenters. The van der Waals surface area contributed by atoms with E-state index < -0.39 is 7.25 Å². The molecule has 0 aliphatic carbocycles. The van der Waals surface area contributed by atoms with Gasteiger partial charge in [-0.05, 0) is 28.5 Å². The summed E-state index contributed by atoms with van der Waals surface area (Å²) >= 11 is 0. The third kappa shape index (κ3) is 15.0. The summed E-state index contributed by atoms with van der Waals surface area (Å²) in [6.07, 6.45) is 4.00. The van der Waals surface area contributed by atoms with Gasteiger partial charge >= 0.3 is 7.25 Å². The van der Waals surface area contributed by atoms with Gasteiger partial charge in [0, 0.05) is 0 Å². The molecule has 0 saturated heterocycles. The maximum Gasteiger partial charge on any atom is 0.673 e. The van der Waals surface area contributed by atoms with Crippen LogP contribution in [0.2, 0.25) is 0 Å². The van der Waals surface area contributed by atoms with E-state index in [1.54, 1.807) is 0 Å². The minimum atomic E-state index is -6.00. The van der Waals surface area contributed by atoms with Gasteiger partial charge in [-0.1, -0.05) is 20.8 Å². The van der Waals surface area contributed by atoms with Crippen LogP contribution in [-0.2, 0) is 0 Å². The summed E-state index contributed by atoms with van der Waals surface area (Å²) in [7, 11) is -3.84. The van der Waals surface area contributed by atoms with Gasteiger partial charge < -0.3 is 17.3 Å². The van der Waals surface area contributed by atoms with Crippen LogP contribution >= 0.6 is 9.24 Å². The lowest BCUT2D eigenvalue weighted by atomic mass is 9.99. The van der Waals surface area contributed by atoms with Crippen LogP contribution in [0.3, 0.4) is 0 Å². The molecule has 0 N–H and O–H groups in total. The lowest BCUT2D eigenvalue weighted by Crippen LogP contribution is -2.15. The van der Waals surface area contributed by atoms with E-state index in [-0.39, 0.29) is 0 Å². The molecule has 0 heterocycles. The largest absolute Gasteiger partial charge is 0.673 e. The van der Waals surface area contributed by atoms with E-state index in [0.717, 1.165) is 0 Å². The maximum atomic E-state index is 9.75. The molecule has 1 unspecified atom stereocenters. The smallest absolute Gasteiger partial charge is 0.418 e. The summed E-state index contributed by atoms with van der Waals surface area (Å²) in [5, 5.41) is 0.653. The van der Waals surface area contributed by atoms with Gasteiger partial charge in [0.2, 0.25) is 0 Å². The van der Waals surface area contributed by atoms with Crippen molar-refractivity contribution in [2.75, 3.05) is 0 Å². The summed E-state index contributed by atoms with van der Waals surface area (Å²) in [5.41, 5.74) is 0. The third-order valence-corrected chi connectivity index (χ3v) is 3.75. The zero-order valence-corrected chi connectivity index (χ0v) is 9.83. The van der Waals surface area contributed by atoms with Crippen molar-refractivity contribution in [1.29, 1.82) is 0 Å². The zero-order chi connectivity index (χ0) is 11.1. The van der Waals surface area contributed by atoms with Crippen molar-refractivity contribution in [3.63, 3.8) is 0 Å². The Bertz CT molecular complexity index is 108. The quantitative estimate of drug-likeness (QED) is 0.384. The maximum absolute atomic E-state index is 9.75. The summed E-state index contributed by atoms with van der Waals surface area (Å²) in [6.45, 7) is 6.83. The first-order chi connectivity index (χ1) is 5.68. The van der Waals surface area contributed by atoms with Gasteiger partial charge in [-0.2, -0.15) is 0 Å². The second kappa shape index (κ2) is 6.64. The summed E-state index contributed by atoms with van der Waals surface area (Å²) in [5.74, 6) is 0. The van der Waals surface area contributed by atoms with Crippen molar-refractivity contribution in [3.05, 3.63) is 0 Å². The van der Waals surface area contributed by atoms with Crippen LogP contribution in [0.5, 0.6) is 0 Å². The first kappa shape index (κ1) is 15.7. The Hall–Kier alpha value is 0.215. The standard InChI is InChI=1S/C7H17P.BF4/c1-4-7(8,5-2)6-3;2-1(3,4)5/h4-6,8H2,1-3H3;/q;-1/p+1. The van der Waals surface area contributed by atoms with Crippen molar-refractivity contribution >= 4 is 16.5 Å². The highest BCUT2D eigenvalue weighted by Gasteiger charge is 2.21. The predicted octanol–water partition coefficient (Wildman–Crippen LogP) is 3.86. The average Bonchev–Trinajstić information content (AvgIpc) is 2.00. The van der Waals surface area contributed by atoms with Crippen LogP contribution in [0.4, 0.5) is 17.3 Å². The Morgan fingerprint density at radius 3 is 1.08 bits per heavy atom. The van der Waals surface area contributed by atoms with Gasteiger partial charge in [0.05, 0.1) is 5.16 Å². The molecule has 0 spiro atoms. The lowest BCUT2D eigenvalue weighted by Gasteiger charge is -2.17. The highest BCUT2D eigenvalue weighted by atomic mass is 31.0. The van der Waals surface area contributed by atoms with Crippen LogP contribution in [0, 0.1) is 0 Å². The predicted molar refractivity (Wildman–Crippen MR) is 54.9 cm³/mol. The van der Waals surface area contributed by atoms with Crippen LogP contribution in [0.15, 0.2) is 0 Å². The SMILES string of the molecule is CCC([PH3+])(CC)CC.F[B-](F)(F)F. The average molecular weight is 220 g/mol. The molecule has 6 heteroatoms. The van der Waals surface area contributed by atoms with Gasteiger partial charge in [0.15, 0.2) is 0 Å². The first-order valence-corrected chi connectivity index (χ1v) is 5.12. The van der Waals surface area contributed by atoms with E-state index in [1.165, 1.54) is 19.3 Å². The van der Waals surface area contributed by atoms with E-state index in [0.29, 0.717) is 5.16 Å². The molecule has 0 aliphatic rings. The van der Waals surface area contributed by atoms with E-state index in [9.17, 15) is 17.3 Å². The molecule has 0 bridgehead atoms. The Balaban J connectivity index is 0. The van der Waals surface area contributed by atoms with Crippen molar-refractivity contribution < 1.29 is 17.3 Å². The molecule has 0 aliphatic heterocycles. The van der Waals surface area contributed by atoms with Gasteiger partial charge in [0.1, 0.15) is 0 Å². The van der Waals surface area contributed by atoms with Crippen molar-refractivity contribution in [1.82, 2.24) is 0 Å². The zero-order valence-electron chi connectivity index (χ0n) is 8.42. The van der Waals surface area contributed by atoms with Gasteiger partial charge in [-0.15, -0.1) is 0 Å². The number of hydrogen-bond acceptors (Lipinski definition) is 0. The molecule has 0 radical (unpaired) electrons. The Labute approximate surface area is 79.8 Å². The van der Waals surface area contributed by atoms with Crippen molar-refractivity contribution in [2.45, 2.75) is 45.2 Å². The molecular weight excluding hydrogens is 202 g/mol. The molecule has 0 aromatic rings. The summed E-state index contributed by atoms with van der Waals surface area (Å²) in [4.78, 5) is 0. The topological polar surface area (TPSA) is 0 Å². The van der Waals surface area contributed by atoms with E-state index in [2.05, 4.69) is 30.0 Å². The first-order valence-electron chi connectivity index (χ1n) is 4.41. The van der Waals surface area contributed by atoms with Gasteiger partial charge in [-0.3, -0.25) is 0 Å². The monoisotopic (exact) mass is 220 g/mol. The van der Waals surface area contributed by atoms with Gasteiger partial charge in [0.25, 0.3) is 0 Å². The lowest BCUT2D eigenvalue weighted by molar-refractivity contribution is 0.368. The molecule has 0 saturated carbocycles. The second-order valence-electron chi connectivity index (χ2n) is 3.06. The van der Waals surface area contributed by atoms with Crippen LogP contribution in [0.1, 0.15) is 40.0 Å². The van der Waals surface area contributed by atoms with E-state index in [4.69, 9.17) is 0 Å². The fourth-order valence-corrected chi connectivity index (χ4v) is 0.750. The fraction of sp³-hybridized carbons (Fsp3) is 1.00. The van der Waals surface area contributed by atoms with Crippen LogP contribution in [-0.4, -0.2) is 12.4 Å². The molecule has 13 heavy (non-hydrogen) atoms. The fourth-order valence-electron chi connectivity index (χ4n) is 0.750. The van der Waals surface area contributed by atoms with Crippen molar-refractivity contribution in [3.8, 4) is 0 Å². The molecule has 82 valence electrons. The minimum absolute atomic E-state index is 0.653. The highest BCUT2D eigenvalue weighted by molar-refractivity contribution is 7.18. The Morgan fingerprint density at radius 2 is 1.08 bits per heavy atom. The van der Waals surface area contributed by atoms with Gasteiger partial charge in [-0.25, -0.2) is 0 Å². The molecular formula is C7H18BF4P. The minimum Gasteiger partial charge on any atom is -0.418 e. The summed E-state index contributed by atoms with van der Waals surface area (Å²) < 4.78 is 39.0. The summed E-state index contributed by atoms with van der Waals surface area (Å²) in [6, 6.07) is 0. The molecule has 0 fully saturated rings. The van der Waals surface area contributed by atoms with E-state index in [1.807, 2.05) is 0 Å². The normalized spacial score (nSPS) is 12.2. The van der Waals surface area contributed by atoms with Crippen molar-refractivity contribution in [2.24, 2.45) is 0 Å². The van der Waals surface area contributed by atoms with Crippen LogP contribution < -0.4 is 0 Å². The number of halogens is 4. The highest BCUT2D eigenvalue weighted by Crippen LogP contribution is 2.29. The molecule has 0 rings (SSSR count). The molecule has 0 aromatic carbocycles. The number of rotatable bonds is 3. The Kier molecular flexibility index (Phi) is 8.00. The molecule has 0 nitrogen and oxygen atoms in total.